The maximum Gasteiger partial charge on any atom is 0.132 e. The van der Waals surface area contributed by atoms with Crippen molar-refractivity contribution in [2.45, 2.75) is 20.5 Å². The summed E-state index contributed by atoms with van der Waals surface area (Å²) in [6, 6.07) is 17.7. The van der Waals surface area contributed by atoms with Gasteiger partial charge in [-0.3, -0.25) is 4.48 Å². The van der Waals surface area contributed by atoms with E-state index in [1.165, 1.54) is 22.3 Å². The molecule has 2 heteroatoms. The summed E-state index contributed by atoms with van der Waals surface area (Å²) < 4.78 is 0.847. The Labute approximate surface area is 135 Å². The number of hydrogen-bond donors (Lipinski definition) is 0. The van der Waals surface area contributed by atoms with Gasteiger partial charge in [0.1, 0.15) is 5.69 Å². The van der Waals surface area contributed by atoms with Crippen molar-refractivity contribution < 1.29 is 0 Å². The SMILES string of the molecule is C[B-](C)(C)c1ccc(/C=C/c2ccc([N+](C)(C)C)cc2)cc1. The van der Waals surface area contributed by atoms with Crippen LogP contribution in [0.25, 0.3) is 12.2 Å². The minimum absolute atomic E-state index is 0.421. The van der Waals surface area contributed by atoms with Crippen molar-refractivity contribution in [1.29, 1.82) is 0 Å². The zero-order chi connectivity index (χ0) is 16.4. The van der Waals surface area contributed by atoms with Crippen LogP contribution in [0.15, 0.2) is 48.5 Å². The van der Waals surface area contributed by atoms with Crippen molar-refractivity contribution in [3.63, 3.8) is 0 Å². The van der Waals surface area contributed by atoms with Gasteiger partial charge in [0, 0.05) is 6.15 Å². The van der Waals surface area contributed by atoms with Crippen LogP contribution in [-0.4, -0.2) is 27.3 Å². The van der Waals surface area contributed by atoms with Crippen molar-refractivity contribution in [3.05, 3.63) is 59.7 Å². The van der Waals surface area contributed by atoms with Crippen molar-refractivity contribution in [2.75, 3.05) is 21.1 Å². The lowest BCUT2D eigenvalue weighted by atomic mass is 9.27. The van der Waals surface area contributed by atoms with Crippen LogP contribution in [-0.2, 0) is 0 Å². The van der Waals surface area contributed by atoms with Gasteiger partial charge in [0.2, 0.25) is 0 Å². The molecule has 0 heterocycles. The molecule has 2 aromatic rings. The van der Waals surface area contributed by atoms with Crippen LogP contribution in [0.4, 0.5) is 5.69 Å². The second kappa shape index (κ2) is 6.14. The fraction of sp³-hybridized carbons (Fsp3) is 0.300. The molecule has 0 aliphatic rings. The van der Waals surface area contributed by atoms with Crippen LogP contribution in [0.3, 0.4) is 0 Å². The predicted molar refractivity (Wildman–Crippen MR) is 104 cm³/mol. The van der Waals surface area contributed by atoms with Gasteiger partial charge in [-0.1, -0.05) is 36.4 Å². The third-order valence-corrected chi connectivity index (χ3v) is 4.07. The highest BCUT2D eigenvalue weighted by molar-refractivity contribution is 6.88. The van der Waals surface area contributed by atoms with Gasteiger partial charge in [-0.25, -0.2) is 5.46 Å². The molecule has 0 N–H and O–H groups in total. The van der Waals surface area contributed by atoms with Gasteiger partial charge in [0.25, 0.3) is 0 Å². The Morgan fingerprint density at radius 3 is 1.45 bits per heavy atom. The van der Waals surface area contributed by atoms with E-state index in [1.807, 2.05) is 0 Å². The maximum atomic E-state index is 2.31. The van der Waals surface area contributed by atoms with E-state index in [0.29, 0.717) is 0 Å². The lowest BCUT2D eigenvalue weighted by Crippen LogP contribution is -2.37. The Balaban J connectivity index is 2.12. The topological polar surface area (TPSA) is 0 Å². The average Bonchev–Trinajstić information content (AvgIpc) is 2.44. The molecule has 0 saturated heterocycles. The Morgan fingerprint density at radius 1 is 0.682 bits per heavy atom. The normalized spacial score (nSPS) is 12.8. The largest absolute Gasteiger partial charge is 0.298 e. The van der Waals surface area contributed by atoms with Crippen LogP contribution < -0.4 is 9.95 Å². The molecule has 0 aromatic heterocycles. The fourth-order valence-corrected chi connectivity index (χ4v) is 2.41. The predicted octanol–water partition coefficient (Wildman–Crippen LogP) is 4.60. The highest BCUT2D eigenvalue weighted by atomic mass is 15.3. The standard InChI is InChI=1S/C20H28BN/c1-21(2,3)19-13-9-17(10-14-19)7-8-18-11-15-20(16-12-18)22(4,5)6/h7-16H,1-6H3/b8-7+. The van der Waals surface area contributed by atoms with Gasteiger partial charge < -0.3 is 0 Å². The Kier molecular flexibility index (Phi) is 4.62. The molecule has 116 valence electrons. The summed E-state index contributed by atoms with van der Waals surface area (Å²) in [6.07, 6.45) is 3.94. The van der Waals surface area contributed by atoms with Crippen LogP contribution in [0.2, 0.25) is 20.5 Å². The van der Waals surface area contributed by atoms with Gasteiger partial charge >= 0.3 is 0 Å². The first kappa shape index (κ1) is 16.6. The molecule has 0 aliphatic heterocycles. The molecule has 0 aliphatic carbocycles. The van der Waals surface area contributed by atoms with Crippen molar-refractivity contribution >= 4 is 29.4 Å². The molecule has 0 bridgehead atoms. The lowest BCUT2D eigenvalue weighted by molar-refractivity contribution is 0.486. The number of nitrogens with zero attached hydrogens (tertiary/aromatic N) is 1. The van der Waals surface area contributed by atoms with Crippen LogP contribution >= 0.6 is 0 Å². The summed E-state index contributed by atoms with van der Waals surface area (Å²) in [6.45, 7) is 6.92. The summed E-state index contributed by atoms with van der Waals surface area (Å²) in [5, 5.41) is 0. The van der Waals surface area contributed by atoms with Gasteiger partial charge in [-0.15, -0.1) is 0 Å². The molecular weight excluding hydrogens is 265 g/mol. The maximum absolute atomic E-state index is 2.31. The highest BCUT2D eigenvalue weighted by Crippen LogP contribution is 2.18. The molecule has 22 heavy (non-hydrogen) atoms. The van der Waals surface area contributed by atoms with Gasteiger partial charge in [-0.2, -0.15) is 20.5 Å². The smallest absolute Gasteiger partial charge is 0.132 e. The second-order valence-corrected chi connectivity index (χ2v) is 8.20. The molecule has 0 spiro atoms. The minimum atomic E-state index is -0.421. The number of hydrogen-bond acceptors (Lipinski definition) is 0. The Hall–Kier alpha value is -1.80. The van der Waals surface area contributed by atoms with Gasteiger partial charge in [0.05, 0.1) is 21.1 Å². The number of quaternary nitrogens is 1. The zero-order valence-electron chi connectivity index (χ0n) is 14.8. The Morgan fingerprint density at radius 2 is 1.09 bits per heavy atom. The summed E-state index contributed by atoms with van der Waals surface area (Å²) in [7, 11) is 6.55. The first-order valence-electron chi connectivity index (χ1n) is 8.14. The summed E-state index contributed by atoms with van der Waals surface area (Å²) in [5.74, 6) is 0. The van der Waals surface area contributed by atoms with E-state index in [4.69, 9.17) is 0 Å². The van der Waals surface area contributed by atoms with Crippen molar-refractivity contribution in [3.8, 4) is 0 Å². The molecule has 0 unspecified atom stereocenters. The van der Waals surface area contributed by atoms with E-state index in [0.717, 1.165) is 4.48 Å². The van der Waals surface area contributed by atoms with Crippen molar-refractivity contribution in [2.24, 2.45) is 0 Å². The first-order chi connectivity index (χ1) is 10.2. The zero-order valence-corrected chi connectivity index (χ0v) is 14.8. The number of benzene rings is 2. The molecule has 2 aromatic carbocycles. The van der Waals surface area contributed by atoms with Crippen LogP contribution in [0, 0.1) is 0 Å². The van der Waals surface area contributed by atoms with Crippen molar-refractivity contribution in [1.82, 2.24) is 4.48 Å². The van der Waals surface area contributed by atoms with E-state index in [2.05, 4.69) is 102 Å². The molecule has 0 fully saturated rings. The van der Waals surface area contributed by atoms with E-state index >= 15 is 0 Å². The quantitative estimate of drug-likeness (QED) is 0.439. The second-order valence-electron chi connectivity index (χ2n) is 8.20. The molecule has 1 nitrogen and oxygen atoms in total. The molecule has 2 rings (SSSR count). The lowest BCUT2D eigenvalue weighted by Gasteiger charge is -2.24. The molecule has 0 amide bonds. The molecule has 0 atom stereocenters. The number of rotatable bonds is 4. The summed E-state index contributed by atoms with van der Waals surface area (Å²) in [5.41, 5.74) is 5.24. The Bertz CT molecular complexity index is 579. The first-order valence-corrected chi connectivity index (χ1v) is 8.14. The summed E-state index contributed by atoms with van der Waals surface area (Å²) >= 11 is 0. The summed E-state index contributed by atoms with van der Waals surface area (Å²) in [4.78, 5) is 0. The monoisotopic (exact) mass is 293 g/mol. The third-order valence-electron chi connectivity index (χ3n) is 4.07. The van der Waals surface area contributed by atoms with E-state index in [1.54, 1.807) is 0 Å². The van der Waals surface area contributed by atoms with E-state index < -0.39 is 6.15 Å². The van der Waals surface area contributed by atoms with Gasteiger partial charge in [0.15, 0.2) is 0 Å². The highest BCUT2D eigenvalue weighted by Gasteiger charge is 2.10. The minimum Gasteiger partial charge on any atom is -0.298 e. The van der Waals surface area contributed by atoms with E-state index in [9.17, 15) is 0 Å². The third kappa shape index (κ3) is 4.35. The average molecular weight is 293 g/mol. The van der Waals surface area contributed by atoms with Crippen LogP contribution in [0.5, 0.6) is 0 Å². The molecule has 0 saturated carbocycles. The van der Waals surface area contributed by atoms with Crippen LogP contribution in [0.1, 0.15) is 11.1 Å². The molecular formula is C20H28BN. The van der Waals surface area contributed by atoms with Gasteiger partial charge in [-0.05, 0) is 35.4 Å². The fourth-order valence-electron chi connectivity index (χ4n) is 2.41. The van der Waals surface area contributed by atoms with E-state index in [-0.39, 0.29) is 0 Å². The molecule has 0 radical (unpaired) electrons.